The maximum atomic E-state index is 13.8. The highest BCUT2D eigenvalue weighted by molar-refractivity contribution is 7.14. The number of rotatable bonds is 4. The normalized spacial score (nSPS) is 11.4. The van der Waals surface area contributed by atoms with Gasteiger partial charge in [-0.2, -0.15) is 13.2 Å². The minimum Gasteiger partial charge on any atom is -0.494 e. The van der Waals surface area contributed by atoms with Crippen molar-refractivity contribution in [3.63, 3.8) is 0 Å². The van der Waals surface area contributed by atoms with Crippen LogP contribution >= 0.6 is 11.3 Å². The van der Waals surface area contributed by atoms with Crippen molar-refractivity contribution in [2.75, 3.05) is 12.4 Å². The SMILES string of the molecule is COc1ccc(-c2csc(Nc3cccc(C(F)(F)F)c3)n2)cc1F. The van der Waals surface area contributed by atoms with Gasteiger partial charge in [-0.1, -0.05) is 6.07 Å². The molecule has 3 aromatic rings. The Kier molecular flexibility index (Phi) is 4.63. The molecule has 2 aromatic carbocycles. The van der Waals surface area contributed by atoms with Crippen LogP contribution in [0.3, 0.4) is 0 Å². The molecular formula is C17H12F4N2OS. The van der Waals surface area contributed by atoms with Gasteiger partial charge in [0.05, 0.1) is 18.4 Å². The molecular weight excluding hydrogens is 356 g/mol. The van der Waals surface area contributed by atoms with Crippen LogP contribution in [-0.2, 0) is 6.18 Å². The van der Waals surface area contributed by atoms with E-state index in [0.717, 1.165) is 12.1 Å². The van der Waals surface area contributed by atoms with Gasteiger partial charge in [0.15, 0.2) is 16.7 Å². The van der Waals surface area contributed by atoms with Crippen LogP contribution in [0.25, 0.3) is 11.3 Å². The Bertz CT molecular complexity index is 892. The number of nitrogens with zero attached hydrogens (tertiary/aromatic N) is 1. The van der Waals surface area contributed by atoms with Gasteiger partial charge in [-0.05, 0) is 36.4 Å². The first-order valence-electron chi connectivity index (χ1n) is 7.10. The van der Waals surface area contributed by atoms with Gasteiger partial charge < -0.3 is 10.1 Å². The standard InChI is InChI=1S/C17H12F4N2OS/c1-24-15-6-5-10(7-13(15)18)14-9-25-16(23-14)22-12-4-2-3-11(8-12)17(19,20)21/h2-9H,1H3,(H,22,23). The third kappa shape index (κ3) is 3.90. The maximum absolute atomic E-state index is 13.8. The molecule has 130 valence electrons. The first kappa shape index (κ1) is 17.2. The lowest BCUT2D eigenvalue weighted by molar-refractivity contribution is -0.137. The van der Waals surface area contributed by atoms with Crippen molar-refractivity contribution >= 4 is 22.2 Å². The second-order valence-electron chi connectivity index (χ2n) is 5.09. The summed E-state index contributed by atoms with van der Waals surface area (Å²) in [5.74, 6) is -0.387. The summed E-state index contributed by atoms with van der Waals surface area (Å²) in [6.45, 7) is 0. The van der Waals surface area contributed by atoms with E-state index in [-0.39, 0.29) is 11.4 Å². The lowest BCUT2D eigenvalue weighted by Crippen LogP contribution is -2.05. The van der Waals surface area contributed by atoms with Crippen molar-refractivity contribution in [3.8, 4) is 17.0 Å². The molecule has 0 unspecified atom stereocenters. The van der Waals surface area contributed by atoms with E-state index in [1.165, 1.54) is 42.7 Å². The third-order valence-corrected chi connectivity index (χ3v) is 4.15. The van der Waals surface area contributed by atoms with Crippen molar-refractivity contribution < 1.29 is 22.3 Å². The Labute approximate surface area is 144 Å². The molecule has 1 heterocycles. The number of thiazole rings is 1. The highest BCUT2D eigenvalue weighted by atomic mass is 32.1. The molecule has 25 heavy (non-hydrogen) atoms. The Morgan fingerprint density at radius 2 is 1.92 bits per heavy atom. The van der Waals surface area contributed by atoms with E-state index in [4.69, 9.17) is 4.74 Å². The molecule has 0 radical (unpaired) electrons. The van der Waals surface area contributed by atoms with Crippen LogP contribution in [0.1, 0.15) is 5.56 Å². The van der Waals surface area contributed by atoms with E-state index in [9.17, 15) is 17.6 Å². The Hall–Kier alpha value is -2.61. The molecule has 0 saturated carbocycles. The minimum atomic E-state index is -4.41. The number of hydrogen-bond donors (Lipinski definition) is 1. The Morgan fingerprint density at radius 3 is 2.60 bits per heavy atom. The number of nitrogens with one attached hydrogen (secondary N) is 1. The first-order chi connectivity index (χ1) is 11.9. The zero-order valence-electron chi connectivity index (χ0n) is 12.9. The zero-order chi connectivity index (χ0) is 18.0. The van der Waals surface area contributed by atoms with Crippen molar-refractivity contribution in [1.29, 1.82) is 0 Å². The number of aromatic nitrogens is 1. The smallest absolute Gasteiger partial charge is 0.416 e. The van der Waals surface area contributed by atoms with Gasteiger partial charge in [0.2, 0.25) is 0 Å². The fourth-order valence-electron chi connectivity index (χ4n) is 2.19. The summed E-state index contributed by atoms with van der Waals surface area (Å²) in [6.07, 6.45) is -4.41. The summed E-state index contributed by atoms with van der Waals surface area (Å²) in [5, 5.41) is 4.93. The van der Waals surface area contributed by atoms with Gasteiger partial charge in [0.25, 0.3) is 0 Å². The largest absolute Gasteiger partial charge is 0.494 e. The van der Waals surface area contributed by atoms with Crippen molar-refractivity contribution in [1.82, 2.24) is 4.98 Å². The average Bonchev–Trinajstić information content (AvgIpc) is 3.03. The van der Waals surface area contributed by atoms with Gasteiger partial charge >= 0.3 is 6.18 Å². The van der Waals surface area contributed by atoms with E-state index in [1.54, 1.807) is 11.4 Å². The number of halogens is 4. The molecule has 3 rings (SSSR count). The molecule has 3 nitrogen and oxygen atoms in total. The van der Waals surface area contributed by atoms with Crippen LogP contribution in [0.4, 0.5) is 28.4 Å². The first-order valence-corrected chi connectivity index (χ1v) is 7.98. The third-order valence-electron chi connectivity index (χ3n) is 3.39. The summed E-state index contributed by atoms with van der Waals surface area (Å²) in [7, 11) is 1.37. The van der Waals surface area contributed by atoms with E-state index < -0.39 is 17.6 Å². The Balaban J connectivity index is 1.82. The molecule has 0 fully saturated rings. The quantitative estimate of drug-likeness (QED) is 0.598. The van der Waals surface area contributed by atoms with Crippen LogP contribution < -0.4 is 10.1 Å². The molecule has 0 aliphatic heterocycles. The molecule has 0 aliphatic carbocycles. The highest BCUT2D eigenvalue weighted by Gasteiger charge is 2.30. The van der Waals surface area contributed by atoms with E-state index in [1.807, 2.05) is 0 Å². The average molecular weight is 368 g/mol. The predicted octanol–water partition coefficient (Wildman–Crippen LogP) is 5.72. The predicted molar refractivity (Wildman–Crippen MR) is 88.8 cm³/mol. The van der Waals surface area contributed by atoms with Crippen LogP contribution in [0.5, 0.6) is 5.75 Å². The van der Waals surface area contributed by atoms with Gasteiger partial charge in [-0.25, -0.2) is 9.37 Å². The molecule has 0 saturated heterocycles. The van der Waals surface area contributed by atoms with Crippen LogP contribution in [0.2, 0.25) is 0 Å². The second kappa shape index (κ2) is 6.72. The van der Waals surface area contributed by atoms with E-state index in [2.05, 4.69) is 10.3 Å². The van der Waals surface area contributed by atoms with Crippen molar-refractivity contribution in [3.05, 3.63) is 59.2 Å². The molecule has 1 N–H and O–H groups in total. The van der Waals surface area contributed by atoms with Gasteiger partial charge in [0, 0.05) is 16.6 Å². The summed E-state index contributed by atoms with van der Waals surface area (Å²) in [6, 6.07) is 9.28. The summed E-state index contributed by atoms with van der Waals surface area (Å²) < 4.78 is 56.9. The van der Waals surface area contributed by atoms with Crippen molar-refractivity contribution in [2.24, 2.45) is 0 Å². The Morgan fingerprint density at radius 1 is 1.12 bits per heavy atom. The highest BCUT2D eigenvalue weighted by Crippen LogP contribution is 2.33. The van der Waals surface area contributed by atoms with Gasteiger partial charge in [-0.15, -0.1) is 11.3 Å². The monoisotopic (exact) mass is 368 g/mol. The topological polar surface area (TPSA) is 34.1 Å². The molecule has 0 bridgehead atoms. The molecule has 0 spiro atoms. The van der Waals surface area contributed by atoms with Gasteiger partial charge in [-0.3, -0.25) is 0 Å². The van der Waals surface area contributed by atoms with Gasteiger partial charge in [0.1, 0.15) is 0 Å². The van der Waals surface area contributed by atoms with Crippen molar-refractivity contribution in [2.45, 2.75) is 6.18 Å². The molecule has 0 aliphatic rings. The fourth-order valence-corrected chi connectivity index (χ4v) is 2.93. The summed E-state index contributed by atoms with van der Waals surface area (Å²) in [5.41, 5.74) is 0.593. The summed E-state index contributed by atoms with van der Waals surface area (Å²) in [4.78, 5) is 4.28. The van der Waals surface area contributed by atoms with Crippen LogP contribution in [-0.4, -0.2) is 12.1 Å². The van der Waals surface area contributed by atoms with Crippen LogP contribution in [0.15, 0.2) is 47.8 Å². The lowest BCUT2D eigenvalue weighted by atomic mass is 10.1. The van der Waals surface area contributed by atoms with Crippen LogP contribution in [0, 0.1) is 5.82 Å². The number of alkyl halides is 3. The van der Waals surface area contributed by atoms with E-state index >= 15 is 0 Å². The molecule has 8 heteroatoms. The second-order valence-corrected chi connectivity index (χ2v) is 5.95. The lowest BCUT2D eigenvalue weighted by Gasteiger charge is -2.09. The fraction of sp³-hybridized carbons (Fsp3) is 0.118. The van der Waals surface area contributed by atoms with E-state index in [0.29, 0.717) is 16.4 Å². The molecule has 0 atom stereocenters. The number of benzene rings is 2. The number of hydrogen-bond acceptors (Lipinski definition) is 4. The minimum absolute atomic E-state index is 0.126. The number of methoxy groups -OCH3 is 1. The zero-order valence-corrected chi connectivity index (χ0v) is 13.7. The summed E-state index contributed by atoms with van der Waals surface area (Å²) >= 11 is 1.21. The molecule has 1 aromatic heterocycles. The maximum Gasteiger partial charge on any atom is 0.416 e. The number of ether oxygens (including phenoxy) is 1. The molecule has 0 amide bonds. The number of anilines is 2.